The van der Waals surface area contributed by atoms with E-state index in [0.29, 0.717) is 27.4 Å². The predicted molar refractivity (Wildman–Crippen MR) is 129 cm³/mol. The lowest BCUT2D eigenvalue weighted by molar-refractivity contribution is -0.139. The lowest BCUT2D eigenvalue weighted by Gasteiger charge is -2.13. The first kappa shape index (κ1) is 23.5. The molecule has 0 spiro atoms. The molecule has 3 rings (SSSR count). The molecule has 0 bridgehead atoms. The molecule has 164 valence electrons. The zero-order chi connectivity index (χ0) is 22.9. The van der Waals surface area contributed by atoms with Crippen LogP contribution in [0.4, 0.5) is 0 Å². The minimum absolute atomic E-state index is 0.298. The van der Waals surface area contributed by atoms with Gasteiger partial charge in [-0.05, 0) is 58.2 Å². The minimum Gasteiger partial charge on any atom is -0.488 e. The van der Waals surface area contributed by atoms with Crippen molar-refractivity contribution >= 4 is 45.6 Å². The number of benzene rings is 3. The third-order valence-corrected chi connectivity index (χ3v) is 5.52. The second-order valence-electron chi connectivity index (χ2n) is 6.87. The van der Waals surface area contributed by atoms with Crippen molar-refractivity contribution in [2.75, 3.05) is 0 Å². The zero-order valence-corrected chi connectivity index (χ0v) is 19.6. The van der Waals surface area contributed by atoms with E-state index in [1.165, 1.54) is 6.21 Å². The van der Waals surface area contributed by atoms with Gasteiger partial charge in [0.2, 0.25) is 0 Å². The van der Waals surface area contributed by atoms with E-state index in [1.807, 2.05) is 54.6 Å². The van der Waals surface area contributed by atoms with E-state index in [0.717, 1.165) is 11.1 Å². The van der Waals surface area contributed by atoms with Gasteiger partial charge in [0.25, 0.3) is 0 Å². The highest BCUT2D eigenvalue weighted by Crippen LogP contribution is 2.27. The topological polar surface area (TPSA) is 79.8 Å². The minimum atomic E-state index is -0.845. The second-order valence-corrected chi connectivity index (χ2v) is 8.14. The summed E-state index contributed by atoms with van der Waals surface area (Å²) in [4.78, 5) is 24.0. The van der Waals surface area contributed by atoms with Gasteiger partial charge in [-0.15, -0.1) is 0 Å². The van der Waals surface area contributed by atoms with Crippen LogP contribution in [0.15, 0.2) is 82.4 Å². The van der Waals surface area contributed by atoms with Gasteiger partial charge in [-0.2, -0.15) is 5.10 Å². The Labute approximate surface area is 199 Å². The van der Waals surface area contributed by atoms with E-state index in [9.17, 15) is 9.59 Å². The number of halogens is 2. The third kappa shape index (κ3) is 6.67. The average Bonchev–Trinajstić information content (AvgIpc) is 2.80. The molecule has 3 aromatic carbocycles. The van der Waals surface area contributed by atoms with Gasteiger partial charge in [-0.1, -0.05) is 60.1 Å². The molecular formula is C24H21BrClN3O3. The number of hydrogen-bond donors (Lipinski definition) is 2. The maximum Gasteiger partial charge on any atom is 0.329 e. The molecule has 3 aromatic rings. The number of rotatable bonds is 7. The summed E-state index contributed by atoms with van der Waals surface area (Å²) in [5, 5.41) is 7.13. The van der Waals surface area contributed by atoms with Crippen LogP contribution in [-0.2, 0) is 16.2 Å². The summed E-state index contributed by atoms with van der Waals surface area (Å²) in [5.41, 5.74) is 4.73. The normalized spacial score (nSPS) is 11.7. The molecule has 6 nitrogen and oxygen atoms in total. The Bertz CT molecular complexity index is 1120. The van der Waals surface area contributed by atoms with Crippen molar-refractivity contribution in [3.8, 4) is 5.75 Å². The van der Waals surface area contributed by atoms with Crippen LogP contribution in [0.2, 0.25) is 5.02 Å². The summed E-state index contributed by atoms with van der Waals surface area (Å²) in [7, 11) is 0. The van der Waals surface area contributed by atoms with Crippen LogP contribution >= 0.6 is 27.5 Å². The first-order valence-electron chi connectivity index (χ1n) is 9.78. The van der Waals surface area contributed by atoms with Crippen LogP contribution in [0.3, 0.4) is 0 Å². The van der Waals surface area contributed by atoms with Crippen molar-refractivity contribution in [3.63, 3.8) is 0 Å². The van der Waals surface area contributed by atoms with Crippen LogP contribution in [0, 0.1) is 0 Å². The molecule has 8 heteroatoms. The number of nitrogens with zero attached hydrogens (tertiary/aromatic N) is 1. The Morgan fingerprint density at radius 3 is 2.50 bits per heavy atom. The lowest BCUT2D eigenvalue weighted by atomic mass is 10.1. The van der Waals surface area contributed by atoms with Crippen LogP contribution in [0.5, 0.6) is 5.75 Å². The number of carbonyl (C=O) groups excluding carboxylic acids is 2. The molecule has 0 saturated carbocycles. The maximum atomic E-state index is 12.1. The number of carbonyl (C=O) groups is 2. The zero-order valence-electron chi connectivity index (χ0n) is 17.2. The van der Waals surface area contributed by atoms with E-state index < -0.39 is 11.8 Å². The molecule has 0 aliphatic rings. The summed E-state index contributed by atoms with van der Waals surface area (Å²) in [5.74, 6) is -0.967. The van der Waals surface area contributed by atoms with E-state index in [4.69, 9.17) is 16.3 Å². The molecule has 0 aromatic heterocycles. The van der Waals surface area contributed by atoms with Crippen LogP contribution in [0.25, 0.3) is 0 Å². The molecule has 0 aliphatic carbocycles. The fraction of sp³-hybridized carbons (Fsp3) is 0.125. The average molecular weight is 515 g/mol. The summed E-state index contributed by atoms with van der Waals surface area (Å²) in [6, 6.07) is 21.9. The van der Waals surface area contributed by atoms with Gasteiger partial charge in [-0.25, -0.2) is 5.43 Å². The summed E-state index contributed by atoms with van der Waals surface area (Å²) in [6.07, 6.45) is 1.44. The number of ether oxygens (including phenoxy) is 1. The number of hydrazone groups is 1. The molecule has 0 saturated heterocycles. The molecule has 0 unspecified atom stereocenters. The second kappa shape index (κ2) is 11.5. The Morgan fingerprint density at radius 1 is 1.06 bits per heavy atom. The van der Waals surface area contributed by atoms with Gasteiger partial charge in [0.15, 0.2) is 0 Å². The number of hydrogen-bond acceptors (Lipinski definition) is 4. The largest absolute Gasteiger partial charge is 0.488 e. The van der Waals surface area contributed by atoms with Crippen molar-refractivity contribution < 1.29 is 14.3 Å². The molecular weight excluding hydrogens is 494 g/mol. The highest BCUT2D eigenvalue weighted by molar-refractivity contribution is 9.10. The monoisotopic (exact) mass is 513 g/mol. The fourth-order valence-corrected chi connectivity index (χ4v) is 3.49. The van der Waals surface area contributed by atoms with Gasteiger partial charge in [0.1, 0.15) is 12.4 Å². The van der Waals surface area contributed by atoms with Gasteiger partial charge in [0.05, 0.1) is 16.7 Å². The first-order chi connectivity index (χ1) is 15.4. The quantitative estimate of drug-likeness (QED) is 0.264. The Hall–Kier alpha value is -3.16. The Balaban J connectivity index is 1.51. The molecule has 0 aliphatic heterocycles. The Morgan fingerprint density at radius 2 is 1.78 bits per heavy atom. The molecule has 32 heavy (non-hydrogen) atoms. The first-order valence-corrected chi connectivity index (χ1v) is 11.0. The van der Waals surface area contributed by atoms with Gasteiger partial charge in [0, 0.05) is 10.6 Å². The van der Waals surface area contributed by atoms with E-state index >= 15 is 0 Å². The molecule has 2 N–H and O–H groups in total. The summed E-state index contributed by atoms with van der Waals surface area (Å²) in [6.45, 7) is 2.13. The number of amides is 2. The third-order valence-electron chi connectivity index (χ3n) is 4.53. The maximum absolute atomic E-state index is 12.1. The lowest BCUT2D eigenvalue weighted by Crippen LogP contribution is -2.39. The standard InChI is InChI=1S/C24H21BrClN3O3/c1-16(18-7-3-2-4-8-18)28-23(30)24(31)29-27-14-17-11-12-22(20(25)13-17)32-15-19-9-5-6-10-21(19)26/h2-14,16H,15H2,1H3,(H,28,30)(H,29,31)/b27-14-/t16-/m0/s1. The van der Waals surface area contributed by atoms with Crippen LogP contribution in [0.1, 0.15) is 29.7 Å². The van der Waals surface area contributed by atoms with E-state index in [1.54, 1.807) is 25.1 Å². The highest BCUT2D eigenvalue weighted by atomic mass is 79.9. The molecule has 0 radical (unpaired) electrons. The van der Waals surface area contributed by atoms with Crippen molar-refractivity contribution in [1.82, 2.24) is 10.7 Å². The van der Waals surface area contributed by atoms with Crippen LogP contribution < -0.4 is 15.5 Å². The summed E-state index contributed by atoms with van der Waals surface area (Å²) < 4.78 is 6.52. The van der Waals surface area contributed by atoms with E-state index in [2.05, 4.69) is 31.8 Å². The fourth-order valence-electron chi connectivity index (χ4n) is 2.79. The van der Waals surface area contributed by atoms with Gasteiger partial charge >= 0.3 is 11.8 Å². The van der Waals surface area contributed by atoms with Gasteiger partial charge in [-0.3, -0.25) is 9.59 Å². The van der Waals surface area contributed by atoms with Crippen molar-refractivity contribution in [2.45, 2.75) is 19.6 Å². The molecule has 0 fully saturated rings. The van der Waals surface area contributed by atoms with Gasteiger partial charge < -0.3 is 10.1 Å². The van der Waals surface area contributed by atoms with Crippen molar-refractivity contribution in [1.29, 1.82) is 0 Å². The molecule has 0 heterocycles. The summed E-state index contributed by atoms with van der Waals surface area (Å²) >= 11 is 9.61. The molecule has 2 amide bonds. The smallest absolute Gasteiger partial charge is 0.329 e. The Kier molecular flexibility index (Phi) is 8.41. The highest BCUT2D eigenvalue weighted by Gasteiger charge is 2.16. The van der Waals surface area contributed by atoms with Crippen molar-refractivity contribution in [3.05, 3.63) is 99.0 Å². The van der Waals surface area contributed by atoms with Crippen LogP contribution in [-0.4, -0.2) is 18.0 Å². The van der Waals surface area contributed by atoms with Crippen molar-refractivity contribution in [2.24, 2.45) is 5.10 Å². The predicted octanol–water partition coefficient (Wildman–Crippen LogP) is 5.01. The number of nitrogens with one attached hydrogen (secondary N) is 2. The molecule has 1 atom stereocenters. The SMILES string of the molecule is C[C@H](NC(=O)C(=O)N/N=C\c1ccc(OCc2ccccc2Cl)c(Br)c1)c1ccccc1. The van der Waals surface area contributed by atoms with E-state index in [-0.39, 0.29) is 6.04 Å².